The smallest absolute Gasteiger partial charge is 0.321 e. The van der Waals surface area contributed by atoms with E-state index < -0.39 is 17.8 Å². The summed E-state index contributed by atoms with van der Waals surface area (Å²) in [6.45, 7) is 6.19. The van der Waals surface area contributed by atoms with Crippen molar-refractivity contribution in [2.45, 2.75) is 50.4 Å². The molecule has 0 bridgehead atoms. The number of benzene rings is 1. The molecule has 3 rings (SSSR count). The van der Waals surface area contributed by atoms with Gasteiger partial charge in [0, 0.05) is 12.6 Å². The minimum Gasteiger partial charge on any atom is -0.335 e. The van der Waals surface area contributed by atoms with E-state index in [4.69, 9.17) is 0 Å². The zero-order valence-corrected chi connectivity index (χ0v) is 17.8. The van der Waals surface area contributed by atoms with Gasteiger partial charge in [-0.3, -0.25) is 14.7 Å². The SMILES string of the molecule is C=CCn1c(SCC(=O)NC(=O)NC2CCCCC2C)nnc1-c1ccccc1F. The normalized spacial score (nSPS) is 18.6. The van der Waals surface area contributed by atoms with Crippen LogP contribution in [0.4, 0.5) is 9.18 Å². The Kier molecular flexibility index (Phi) is 7.62. The lowest BCUT2D eigenvalue weighted by Gasteiger charge is -2.29. The van der Waals surface area contributed by atoms with Crippen LogP contribution in [0.25, 0.3) is 11.4 Å². The molecule has 2 N–H and O–H groups in total. The minimum absolute atomic E-state index is 0.0137. The topological polar surface area (TPSA) is 88.9 Å². The molecule has 1 aromatic carbocycles. The van der Waals surface area contributed by atoms with Gasteiger partial charge >= 0.3 is 6.03 Å². The number of halogens is 1. The van der Waals surface area contributed by atoms with Gasteiger partial charge in [0.2, 0.25) is 5.91 Å². The van der Waals surface area contributed by atoms with Crippen molar-refractivity contribution in [1.82, 2.24) is 25.4 Å². The maximum atomic E-state index is 14.2. The summed E-state index contributed by atoms with van der Waals surface area (Å²) < 4.78 is 15.8. The van der Waals surface area contributed by atoms with Crippen LogP contribution < -0.4 is 10.6 Å². The number of nitrogens with zero attached hydrogens (tertiary/aromatic N) is 3. The molecule has 9 heteroatoms. The first-order valence-electron chi connectivity index (χ1n) is 10.0. The zero-order chi connectivity index (χ0) is 21.5. The number of thioether (sulfide) groups is 1. The van der Waals surface area contributed by atoms with E-state index in [1.165, 1.54) is 12.5 Å². The Balaban J connectivity index is 1.60. The Bertz CT molecular complexity index is 917. The summed E-state index contributed by atoms with van der Waals surface area (Å²) in [6.07, 6.45) is 5.93. The number of aromatic nitrogens is 3. The van der Waals surface area contributed by atoms with E-state index in [-0.39, 0.29) is 11.8 Å². The van der Waals surface area contributed by atoms with Gasteiger partial charge in [0.1, 0.15) is 5.82 Å². The van der Waals surface area contributed by atoms with E-state index >= 15 is 0 Å². The quantitative estimate of drug-likeness (QED) is 0.515. The van der Waals surface area contributed by atoms with E-state index in [2.05, 4.69) is 34.3 Å². The van der Waals surface area contributed by atoms with Crippen LogP contribution in [0.15, 0.2) is 42.1 Å². The van der Waals surface area contributed by atoms with Crippen LogP contribution in [0, 0.1) is 11.7 Å². The molecule has 0 radical (unpaired) electrons. The highest BCUT2D eigenvalue weighted by Crippen LogP contribution is 2.26. The molecule has 0 saturated heterocycles. The number of hydrogen-bond donors (Lipinski definition) is 2. The molecule has 7 nitrogen and oxygen atoms in total. The number of carbonyl (C=O) groups excluding carboxylic acids is 2. The van der Waals surface area contributed by atoms with Gasteiger partial charge in [-0.2, -0.15) is 0 Å². The summed E-state index contributed by atoms with van der Waals surface area (Å²) in [4.78, 5) is 24.4. The minimum atomic E-state index is -0.473. The lowest BCUT2D eigenvalue weighted by Crippen LogP contribution is -2.48. The van der Waals surface area contributed by atoms with Crippen molar-refractivity contribution in [3.8, 4) is 11.4 Å². The standard InChI is InChI=1S/C21H26FN5O2S/c1-3-12-27-19(15-9-5-6-10-16(15)22)25-26-21(27)30-13-18(28)24-20(29)23-17-11-7-4-8-14(17)2/h3,5-6,9-10,14,17H,1,4,7-8,11-13H2,2H3,(H2,23,24,28,29). The number of hydrogen-bond acceptors (Lipinski definition) is 5. The van der Waals surface area contributed by atoms with E-state index in [1.807, 2.05) is 0 Å². The monoisotopic (exact) mass is 431 g/mol. The first-order valence-corrected chi connectivity index (χ1v) is 11.0. The van der Waals surface area contributed by atoms with Gasteiger partial charge in [-0.15, -0.1) is 16.8 Å². The van der Waals surface area contributed by atoms with Crippen molar-refractivity contribution in [2.24, 2.45) is 5.92 Å². The van der Waals surface area contributed by atoms with Crippen LogP contribution in [-0.4, -0.2) is 38.5 Å². The van der Waals surface area contributed by atoms with Crippen LogP contribution in [-0.2, 0) is 11.3 Å². The van der Waals surface area contributed by atoms with E-state index in [1.54, 1.807) is 28.8 Å². The van der Waals surface area contributed by atoms with E-state index in [9.17, 15) is 14.0 Å². The fraction of sp³-hybridized carbons (Fsp3) is 0.429. The molecule has 2 unspecified atom stereocenters. The predicted octanol–water partition coefficient (Wildman–Crippen LogP) is 3.77. The predicted molar refractivity (Wildman–Crippen MR) is 114 cm³/mol. The third-order valence-electron chi connectivity index (χ3n) is 5.16. The number of imide groups is 1. The second-order valence-electron chi connectivity index (χ2n) is 7.36. The van der Waals surface area contributed by atoms with Gasteiger partial charge in [-0.25, -0.2) is 9.18 Å². The van der Waals surface area contributed by atoms with Crippen molar-refractivity contribution in [3.05, 3.63) is 42.7 Å². The molecule has 30 heavy (non-hydrogen) atoms. The number of rotatable bonds is 7. The highest BCUT2D eigenvalue weighted by molar-refractivity contribution is 7.99. The molecule has 1 fully saturated rings. The van der Waals surface area contributed by atoms with Gasteiger partial charge in [0.25, 0.3) is 0 Å². The van der Waals surface area contributed by atoms with Crippen molar-refractivity contribution >= 4 is 23.7 Å². The second kappa shape index (κ2) is 10.4. The molecular weight excluding hydrogens is 405 g/mol. The van der Waals surface area contributed by atoms with Crippen LogP contribution in [0.1, 0.15) is 32.6 Å². The Morgan fingerprint density at radius 1 is 1.30 bits per heavy atom. The lowest BCUT2D eigenvalue weighted by molar-refractivity contribution is -0.117. The van der Waals surface area contributed by atoms with Crippen molar-refractivity contribution in [1.29, 1.82) is 0 Å². The summed E-state index contributed by atoms with van der Waals surface area (Å²) in [5, 5.41) is 13.9. The number of carbonyl (C=O) groups is 2. The summed E-state index contributed by atoms with van der Waals surface area (Å²) in [5.41, 5.74) is 0.323. The molecule has 3 amide bonds. The molecule has 1 heterocycles. The lowest BCUT2D eigenvalue weighted by atomic mass is 9.86. The van der Waals surface area contributed by atoms with Crippen LogP contribution in [0.3, 0.4) is 0 Å². The summed E-state index contributed by atoms with van der Waals surface area (Å²) in [5.74, 6) is -0.0805. The maximum Gasteiger partial charge on any atom is 0.321 e. The highest BCUT2D eigenvalue weighted by Gasteiger charge is 2.23. The van der Waals surface area contributed by atoms with E-state index in [0.29, 0.717) is 29.0 Å². The molecule has 160 valence electrons. The number of allylic oxidation sites excluding steroid dienone is 1. The molecule has 1 saturated carbocycles. The highest BCUT2D eigenvalue weighted by atomic mass is 32.2. The number of urea groups is 1. The fourth-order valence-corrected chi connectivity index (χ4v) is 4.31. The molecule has 0 aliphatic heterocycles. The fourth-order valence-electron chi connectivity index (χ4n) is 3.56. The first kappa shape index (κ1) is 22.0. The molecule has 1 aliphatic rings. The molecular formula is C21H26FN5O2S. The van der Waals surface area contributed by atoms with E-state index in [0.717, 1.165) is 31.0 Å². The summed E-state index contributed by atoms with van der Waals surface area (Å²) >= 11 is 1.13. The summed E-state index contributed by atoms with van der Waals surface area (Å²) in [7, 11) is 0. The van der Waals surface area contributed by atoms with Gasteiger partial charge in [-0.1, -0.05) is 49.7 Å². The number of amides is 3. The zero-order valence-electron chi connectivity index (χ0n) is 16.9. The largest absolute Gasteiger partial charge is 0.335 e. The van der Waals surface area contributed by atoms with Gasteiger partial charge in [-0.05, 0) is 30.9 Å². The van der Waals surface area contributed by atoms with Crippen molar-refractivity contribution < 1.29 is 14.0 Å². The number of nitrogens with one attached hydrogen (secondary N) is 2. The first-order chi connectivity index (χ1) is 14.5. The van der Waals surface area contributed by atoms with Crippen LogP contribution >= 0.6 is 11.8 Å². The molecule has 0 spiro atoms. The third-order valence-corrected chi connectivity index (χ3v) is 6.12. The Labute approximate surface area is 179 Å². The Hall–Kier alpha value is -2.68. The van der Waals surface area contributed by atoms with Crippen molar-refractivity contribution in [3.63, 3.8) is 0 Å². The average Bonchev–Trinajstić information content (AvgIpc) is 3.11. The molecule has 1 aromatic heterocycles. The summed E-state index contributed by atoms with van der Waals surface area (Å²) in [6, 6.07) is 5.92. The van der Waals surface area contributed by atoms with Gasteiger partial charge in [0.15, 0.2) is 11.0 Å². The average molecular weight is 432 g/mol. The van der Waals surface area contributed by atoms with Crippen LogP contribution in [0.5, 0.6) is 0 Å². The third kappa shape index (κ3) is 5.47. The Morgan fingerprint density at radius 3 is 2.80 bits per heavy atom. The maximum absolute atomic E-state index is 14.2. The molecule has 2 aromatic rings. The molecule has 1 aliphatic carbocycles. The van der Waals surface area contributed by atoms with Crippen molar-refractivity contribution in [2.75, 3.05) is 5.75 Å². The second-order valence-corrected chi connectivity index (χ2v) is 8.31. The van der Waals surface area contributed by atoms with Crippen LogP contribution in [0.2, 0.25) is 0 Å². The molecule has 2 atom stereocenters. The Morgan fingerprint density at radius 2 is 2.07 bits per heavy atom. The van der Waals surface area contributed by atoms with Gasteiger partial charge < -0.3 is 5.32 Å². The van der Waals surface area contributed by atoms with Gasteiger partial charge in [0.05, 0.1) is 11.3 Å².